The molecule has 2 N–H and O–H groups in total. The van der Waals surface area contributed by atoms with Gasteiger partial charge >= 0.3 is 0 Å². The largest absolute Gasteiger partial charge is 0.377 e. The molecule has 1 unspecified atom stereocenters. The van der Waals surface area contributed by atoms with E-state index in [1.165, 1.54) is 5.56 Å². The van der Waals surface area contributed by atoms with E-state index in [1.807, 2.05) is 24.3 Å². The van der Waals surface area contributed by atoms with E-state index in [0.29, 0.717) is 17.3 Å². The zero-order valence-electron chi connectivity index (χ0n) is 13.5. The van der Waals surface area contributed by atoms with E-state index < -0.39 is 0 Å². The van der Waals surface area contributed by atoms with Crippen LogP contribution in [0.5, 0.6) is 0 Å². The van der Waals surface area contributed by atoms with Crippen molar-refractivity contribution in [3.05, 3.63) is 71.7 Å². The number of carbonyl (C=O) groups excluding carboxylic acids is 1. The summed E-state index contributed by atoms with van der Waals surface area (Å²) in [6.07, 6.45) is 1.64. The van der Waals surface area contributed by atoms with Gasteiger partial charge in [-0.25, -0.2) is 4.98 Å². The predicted molar refractivity (Wildman–Crippen MR) is 91.9 cm³/mol. The van der Waals surface area contributed by atoms with Crippen LogP contribution in [-0.2, 0) is 0 Å². The second-order valence-electron chi connectivity index (χ2n) is 5.49. The van der Waals surface area contributed by atoms with Gasteiger partial charge in [0.2, 0.25) is 0 Å². The molecule has 0 fully saturated rings. The molecule has 0 radical (unpaired) electrons. The van der Waals surface area contributed by atoms with E-state index in [9.17, 15) is 4.79 Å². The number of aromatic nitrogens is 2. The molecule has 0 saturated heterocycles. The lowest BCUT2D eigenvalue weighted by atomic mass is 10.1. The summed E-state index contributed by atoms with van der Waals surface area (Å²) in [7, 11) is 0. The Bertz CT molecular complexity index is 813. The van der Waals surface area contributed by atoms with Crippen LogP contribution in [0, 0.1) is 6.92 Å². The first-order valence-electron chi connectivity index (χ1n) is 7.64. The van der Waals surface area contributed by atoms with Crippen molar-refractivity contribution in [2.24, 2.45) is 0 Å². The Morgan fingerprint density at radius 2 is 1.96 bits per heavy atom. The van der Waals surface area contributed by atoms with Crippen LogP contribution in [0.2, 0.25) is 0 Å². The molecule has 6 nitrogen and oxygen atoms in total. The standard InChI is InChI=1S/C18H18N4O2/c1-12-10-17(22-24-12)21-18(23)16-9-8-15(11-19-16)20-13(2)14-6-4-3-5-7-14/h3-11,13,20H,1-2H3,(H,21,22,23). The molecule has 2 heterocycles. The quantitative estimate of drug-likeness (QED) is 0.747. The highest BCUT2D eigenvalue weighted by Gasteiger charge is 2.11. The number of hydrogen-bond acceptors (Lipinski definition) is 5. The summed E-state index contributed by atoms with van der Waals surface area (Å²) in [5, 5.41) is 9.72. The van der Waals surface area contributed by atoms with Crippen LogP contribution >= 0.6 is 0 Å². The third-order valence-electron chi connectivity index (χ3n) is 3.55. The van der Waals surface area contributed by atoms with Crippen molar-refractivity contribution in [3.63, 3.8) is 0 Å². The molecule has 0 aliphatic carbocycles. The molecule has 0 bridgehead atoms. The summed E-state index contributed by atoms with van der Waals surface area (Å²) in [5.74, 6) is 0.679. The average molecular weight is 322 g/mol. The maximum Gasteiger partial charge on any atom is 0.275 e. The first-order chi connectivity index (χ1) is 11.6. The molecule has 6 heteroatoms. The molecule has 0 spiro atoms. The Morgan fingerprint density at radius 1 is 1.17 bits per heavy atom. The molecule has 3 aromatic rings. The number of nitrogens with zero attached hydrogens (tertiary/aromatic N) is 2. The Labute approximate surface area is 139 Å². The fraction of sp³-hybridized carbons (Fsp3) is 0.167. The van der Waals surface area contributed by atoms with Crippen LogP contribution in [0.25, 0.3) is 0 Å². The van der Waals surface area contributed by atoms with Crippen molar-refractivity contribution in [2.75, 3.05) is 10.6 Å². The summed E-state index contributed by atoms with van der Waals surface area (Å²) >= 11 is 0. The van der Waals surface area contributed by atoms with E-state index >= 15 is 0 Å². The van der Waals surface area contributed by atoms with E-state index in [0.717, 1.165) is 5.69 Å². The summed E-state index contributed by atoms with van der Waals surface area (Å²) in [5.41, 5.74) is 2.34. The molecule has 2 aromatic heterocycles. The molecular weight excluding hydrogens is 304 g/mol. The van der Waals surface area contributed by atoms with Gasteiger partial charge in [-0.05, 0) is 31.5 Å². The number of hydrogen-bond donors (Lipinski definition) is 2. The first kappa shape index (κ1) is 15.7. The highest BCUT2D eigenvalue weighted by atomic mass is 16.5. The number of nitrogens with one attached hydrogen (secondary N) is 2. The summed E-state index contributed by atoms with van der Waals surface area (Å²) < 4.78 is 4.91. The third kappa shape index (κ3) is 3.78. The molecule has 0 aliphatic rings. The molecule has 0 saturated carbocycles. The van der Waals surface area contributed by atoms with Crippen molar-refractivity contribution < 1.29 is 9.32 Å². The van der Waals surface area contributed by atoms with Crippen LogP contribution in [-0.4, -0.2) is 16.0 Å². The Balaban J connectivity index is 1.63. The molecule has 122 valence electrons. The highest BCUT2D eigenvalue weighted by Crippen LogP contribution is 2.18. The zero-order valence-corrected chi connectivity index (χ0v) is 13.5. The topological polar surface area (TPSA) is 80.0 Å². The summed E-state index contributed by atoms with van der Waals surface area (Å²) in [6.45, 7) is 3.83. The summed E-state index contributed by atoms with van der Waals surface area (Å²) in [6, 6.07) is 15.4. The molecule has 1 atom stereocenters. The first-order valence-corrected chi connectivity index (χ1v) is 7.64. The van der Waals surface area contributed by atoms with Crippen molar-refractivity contribution in [2.45, 2.75) is 19.9 Å². The van der Waals surface area contributed by atoms with Gasteiger partial charge in [0.1, 0.15) is 11.5 Å². The molecular formula is C18H18N4O2. The number of rotatable bonds is 5. The smallest absolute Gasteiger partial charge is 0.275 e. The fourth-order valence-electron chi connectivity index (χ4n) is 2.29. The number of benzene rings is 1. The van der Waals surface area contributed by atoms with Crippen LogP contribution in [0.3, 0.4) is 0 Å². The predicted octanol–water partition coefficient (Wildman–Crippen LogP) is 3.80. The summed E-state index contributed by atoms with van der Waals surface area (Å²) in [4.78, 5) is 16.3. The van der Waals surface area contributed by atoms with Crippen LogP contribution < -0.4 is 10.6 Å². The monoisotopic (exact) mass is 322 g/mol. The van der Waals surface area contributed by atoms with Gasteiger partial charge in [-0.3, -0.25) is 4.79 Å². The number of anilines is 2. The normalized spacial score (nSPS) is 11.8. The maximum absolute atomic E-state index is 12.1. The van der Waals surface area contributed by atoms with Gasteiger partial charge in [-0.15, -0.1) is 0 Å². The second kappa shape index (κ2) is 6.95. The van der Waals surface area contributed by atoms with Gasteiger partial charge in [-0.1, -0.05) is 35.5 Å². The van der Waals surface area contributed by atoms with Crippen LogP contribution in [0.4, 0.5) is 11.5 Å². The van der Waals surface area contributed by atoms with Gasteiger partial charge in [0.15, 0.2) is 5.82 Å². The van der Waals surface area contributed by atoms with Gasteiger partial charge in [0.05, 0.1) is 11.9 Å². The molecule has 1 aromatic carbocycles. The van der Waals surface area contributed by atoms with Crippen molar-refractivity contribution in [1.29, 1.82) is 0 Å². The second-order valence-corrected chi connectivity index (χ2v) is 5.49. The maximum atomic E-state index is 12.1. The number of carbonyl (C=O) groups is 1. The third-order valence-corrected chi connectivity index (χ3v) is 3.55. The average Bonchev–Trinajstić information content (AvgIpc) is 3.01. The van der Waals surface area contributed by atoms with Crippen LogP contribution in [0.15, 0.2) is 59.3 Å². The molecule has 1 amide bonds. The SMILES string of the molecule is Cc1cc(NC(=O)c2ccc(NC(C)c3ccccc3)cn2)no1. The fourth-order valence-corrected chi connectivity index (χ4v) is 2.29. The van der Waals surface area contributed by atoms with E-state index in [2.05, 4.69) is 39.8 Å². The van der Waals surface area contributed by atoms with Gasteiger partial charge in [0.25, 0.3) is 5.91 Å². The van der Waals surface area contributed by atoms with Crippen molar-refractivity contribution in [3.8, 4) is 0 Å². The number of pyridine rings is 1. The lowest BCUT2D eigenvalue weighted by molar-refractivity contribution is 0.102. The minimum Gasteiger partial charge on any atom is -0.377 e. The molecule has 24 heavy (non-hydrogen) atoms. The Kier molecular flexibility index (Phi) is 4.56. The lowest BCUT2D eigenvalue weighted by Crippen LogP contribution is -2.14. The number of aryl methyl sites for hydroxylation is 1. The minimum atomic E-state index is -0.328. The van der Waals surface area contributed by atoms with Crippen LogP contribution in [0.1, 0.15) is 34.8 Å². The zero-order chi connectivity index (χ0) is 16.9. The van der Waals surface area contributed by atoms with Crippen molar-refractivity contribution in [1.82, 2.24) is 10.1 Å². The highest BCUT2D eigenvalue weighted by molar-refractivity contribution is 6.02. The Hall–Kier alpha value is -3.15. The number of amides is 1. The van der Waals surface area contributed by atoms with Crippen molar-refractivity contribution >= 4 is 17.4 Å². The molecule has 3 rings (SSSR count). The van der Waals surface area contributed by atoms with Gasteiger partial charge in [0, 0.05) is 12.1 Å². The van der Waals surface area contributed by atoms with E-state index in [4.69, 9.17) is 4.52 Å². The van der Waals surface area contributed by atoms with E-state index in [-0.39, 0.29) is 11.9 Å². The van der Waals surface area contributed by atoms with Gasteiger partial charge in [-0.2, -0.15) is 0 Å². The lowest BCUT2D eigenvalue weighted by Gasteiger charge is -2.15. The van der Waals surface area contributed by atoms with E-state index in [1.54, 1.807) is 25.3 Å². The molecule has 0 aliphatic heterocycles. The van der Waals surface area contributed by atoms with Gasteiger partial charge < -0.3 is 15.2 Å². The Morgan fingerprint density at radius 3 is 2.58 bits per heavy atom. The minimum absolute atomic E-state index is 0.144.